The Morgan fingerprint density at radius 3 is 2.24 bits per heavy atom. The first kappa shape index (κ1) is 11.3. The van der Waals surface area contributed by atoms with Crippen LogP contribution in [-0.2, 0) is 12.8 Å². The minimum atomic E-state index is -0.0782. The number of benzene rings is 1. The van der Waals surface area contributed by atoms with E-state index in [0.717, 1.165) is 25.2 Å². The quantitative estimate of drug-likeness (QED) is 0.844. The molecular weight excluding hydrogens is 208 g/mol. The summed E-state index contributed by atoms with van der Waals surface area (Å²) in [5, 5.41) is 10.4. The molecule has 0 spiro atoms. The Hall–Kier alpha value is -0.820. The molecule has 1 heteroatoms. The molecule has 1 N–H and O–H groups in total. The van der Waals surface area contributed by atoms with Crippen LogP contribution < -0.4 is 0 Å². The third-order valence-electron chi connectivity index (χ3n) is 4.68. The fourth-order valence-electron chi connectivity index (χ4n) is 3.64. The first-order valence-corrected chi connectivity index (χ1v) is 7.08. The van der Waals surface area contributed by atoms with Crippen molar-refractivity contribution in [3.63, 3.8) is 0 Å². The van der Waals surface area contributed by atoms with Gasteiger partial charge in [-0.1, -0.05) is 49.9 Å². The van der Waals surface area contributed by atoms with E-state index in [1.165, 1.54) is 36.8 Å². The third kappa shape index (κ3) is 2.40. The largest absolute Gasteiger partial charge is 0.393 e. The maximum atomic E-state index is 10.4. The summed E-state index contributed by atoms with van der Waals surface area (Å²) in [5.41, 5.74) is 2.92. The van der Waals surface area contributed by atoms with Crippen molar-refractivity contribution in [1.29, 1.82) is 0 Å². The monoisotopic (exact) mass is 230 g/mol. The zero-order valence-electron chi connectivity index (χ0n) is 10.4. The van der Waals surface area contributed by atoms with Gasteiger partial charge in [0.1, 0.15) is 0 Å². The Labute approximate surface area is 104 Å². The van der Waals surface area contributed by atoms with Crippen molar-refractivity contribution in [2.24, 2.45) is 11.8 Å². The van der Waals surface area contributed by atoms with Gasteiger partial charge < -0.3 is 5.11 Å². The minimum Gasteiger partial charge on any atom is -0.393 e. The summed E-state index contributed by atoms with van der Waals surface area (Å²) in [6, 6.07) is 8.67. The normalized spacial score (nSPS) is 22.9. The first-order chi connectivity index (χ1) is 8.33. The molecule has 1 saturated carbocycles. The Kier molecular flexibility index (Phi) is 3.19. The number of aliphatic hydroxyl groups excluding tert-OH is 1. The van der Waals surface area contributed by atoms with E-state index >= 15 is 0 Å². The Morgan fingerprint density at radius 1 is 1.06 bits per heavy atom. The highest BCUT2D eigenvalue weighted by Gasteiger charge is 2.29. The average Bonchev–Trinajstić information content (AvgIpc) is 2.96. The molecule has 1 nitrogen and oxygen atoms in total. The van der Waals surface area contributed by atoms with Crippen molar-refractivity contribution < 1.29 is 5.11 Å². The average molecular weight is 230 g/mol. The number of fused-ring (bicyclic) bond motifs is 1. The Bertz CT molecular complexity index is 354. The zero-order chi connectivity index (χ0) is 11.7. The molecule has 0 aliphatic heterocycles. The van der Waals surface area contributed by atoms with E-state index in [1.807, 2.05) is 0 Å². The van der Waals surface area contributed by atoms with Gasteiger partial charge in [0.05, 0.1) is 6.10 Å². The number of aliphatic hydroxyl groups is 1. The van der Waals surface area contributed by atoms with E-state index in [9.17, 15) is 5.11 Å². The van der Waals surface area contributed by atoms with Crippen LogP contribution in [0.1, 0.15) is 43.2 Å². The van der Waals surface area contributed by atoms with E-state index in [4.69, 9.17) is 0 Å². The summed E-state index contributed by atoms with van der Waals surface area (Å²) in [6.45, 7) is 0. The van der Waals surface area contributed by atoms with Crippen molar-refractivity contribution in [2.75, 3.05) is 0 Å². The fourth-order valence-corrected chi connectivity index (χ4v) is 3.64. The molecule has 1 aromatic carbocycles. The van der Waals surface area contributed by atoms with Gasteiger partial charge in [0.2, 0.25) is 0 Å². The molecule has 92 valence electrons. The maximum Gasteiger partial charge on any atom is 0.0577 e. The van der Waals surface area contributed by atoms with E-state index in [2.05, 4.69) is 24.3 Å². The second kappa shape index (κ2) is 4.81. The highest BCUT2D eigenvalue weighted by Crippen LogP contribution is 2.34. The molecule has 1 fully saturated rings. The fraction of sp³-hybridized carbons (Fsp3) is 0.625. The second-order valence-electron chi connectivity index (χ2n) is 5.89. The van der Waals surface area contributed by atoms with E-state index in [-0.39, 0.29) is 6.10 Å². The predicted molar refractivity (Wildman–Crippen MR) is 69.9 cm³/mol. The van der Waals surface area contributed by atoms with Crippen molar-refractivity contribution >= 4 is 0 Å². The van der Waals surface area contributed by atoms with Crippen LogP contribution in [0.4, 0.5) is 0 Å². The smallest absolute Gasteiger partial charge is 0.0577 e. The lowest BCUT2D eigenvalue weighted by Crippen LogP contribution is -2.23. The number of rotatable bonds is 3. The SMILES string of the molecule is OC(CC1CCCC1)C1Cc2ccccc2C1. The van der Waals surface area contributed by atoms with E-state index in [1.54, 1.807) is 0 Å². The van der Waals surface area contributed by atoms with Gasteiger partial charge in [-0.25, -0.2) is 0 Å². The molecule has 2 aliphatic carbocycles. The summed E-state index contributed by atoms with van der Waals surface area (Å²) in [6.07, 6.45) is 8.58. The molecule has 0 heterocycles. The molecule has 3 rings (SSSR count). The van der Waals surface area contributed by atoms with E-state index in [0.29, 0.717) is 5.92 Å². The highest BCUT2D eigenvalue weighted by molar-refractivity contribution is 5.32. The lowest BCUT2D eigenvalue weighted by Gasteiger charge is -2.21. The zero-order valence-corrected chi connectivity index (χ0v) is 10.4. The highest BCUT2D eigenvalue weighted by atomic mass is 16.3. The van der Waals surface area contributed by atoms with Crippen LogP contribution in [0.15, 0.2) is 24.3 Å². The van der Waals surface area contributed by atoms with Crippen molar-refractivity contribution in [3.8, 4) is 0 Å². The van der Waals surface area contributed by atoms with Gasteiger partial charge in [-0.15, -0.1) is 0 Å². The number of hydrogen-bond donors (Lipinski definition) is 1. The van der Waals surface area contributed by atoms with Gasteiger partial charge in [-0.05, 0) is 42.2 Å². The van der Waals surface area contributed by atoms with Crippen LogP contribution >= 0.6 is 0 Å². The van der Waals surface area contributed by atoms with Gasteiger partial charge in [-0.3, -0.25) is 0 Å². The summed E-state index contributed by atoms with van der Waals surface area (Å²) in [4.78, 5) is 0. The predicted octanol–water partition coefficient (Wildman–Crippen LogP) is 3.34. The van der Waals surface area contributed by atoms with Crippen molar-refractivity contribution in [3.05, 3.63) is 35.4 Å². The van der Waals surface area contributed by atoms with Crippen LogP contribution in [-0.4, -0.2) is 11.2 Å². The molecule has 0 aromatic heterocycles. The molecule has 1 atom stereocenters. The first-order valence-electron chi connectivity index (χ1n) is 7.08. The molecule has 0 saturated heterocycles. The standard InChI is InChI=1S/C16H22O/c17-16(9-12-5-1-2-6-12)15-10-13-7-3-4-8-14(13)11-15/h3-4,7-8,12,15-17H,1-2,5-6,9-11H2. The lowest BCUT2D eigenvalue weighted by molar-refractivity contribution is 0.0865. The van der Waals surface area contributed by atoms with Crippen LogP contribution in [0.5, 0.6) is 0 Å². The number of hydrogen-bond acceptors (Lipinski definition) is 1. The van der Waals surface area contributed by atoms with E-state index < -0.39 is 0 Å². The molecular formula is C16H22O. The van der Waals surface area contributed by atoms with Crippen molar-refractivity contribution in [2.45, 2.75) is 51.0 Å². The molecule has 1 unspecified atom stereocenters. The topological polar surface area (TPSA) is 20.2 Å². The van der Waals surface area contributed by atoms with Gasteiger partial charge in [-0.2, -0.15) is 0 Å². The Balaban J connectivity index is 1.60. The van der Waals surface area contributed by atoms with Crippen LogP contribution in [0.2, 0.25) is 0 Å². The summed E-state index contributed by atoms with van der Waals surface area (Å²) in [7, 11) is 0. The summed E-state index contributed by atoms with van der Waals surface area (Å²) < 4.78 is 0. The molecule has 0 amide bonds. The van der Waals surface area contributed by atoms with Gasteiger partial charge in [0.25, 0.3) is 0 Å². The van der Waals surface area contributed by atoms with Crippen LogP contribution in [0.25, 0.3) is 0 Å². The molecule has 0 bridgehead atoms. The lowest BCUT2D eigenvalue weighted by atomic mass is 9.90. The summed E-state index contributed by atoms with van der Waals surface area (Å²) >= 11 is 0. The van der Waals surface area contributed by atoms with Gasteiger partial charge >= 0.3 is 0 Å². The van der Waals surface area contributed by atoms with Crippen LogP contribution in [0.3, 0.4) is 0 Å². The molecule has 0 radical (unpaired) electrons. The minimum absolute atomic E-state index is 0.0782. The summed E-state index contributed by atoms with van der Waals surface area (Å²) in [5.74, 6) is 1.28. The second-order valence-corrected chi connectivity index (χ2v) is 5.89. The molecule has 17 heavy (non-hydrogen) atoms. The third-order valence-corrected chi connectivity index (χ3v) is 4.68. The van der Waals surface area contributed by atoms with Gasteiger partial charge in [0.15, 0.2) is 0 Å². The van der Waals surface area contributed by atoms with Crippen LogP contribution in [0, 0.1) is 11.8 Å². The van der Waals surface area contributed by atoms with Crippen molar-refractivity contribution in [1.82, 2.24) is 0 Å². The Morgan fingerprint density at radius 2 is 1.65 bits per heavy atom. The molecule has 2 aliphatic rings. The maximum absolute atomic E-state index is 10.4. The van der Waals surface area contributed by atoms with Gasteiger partial charge in [0, 0.05) is 0 Å². The molecule has 1 aromatic rings.